The maximum atomic E-state index is 12.8. The van der Waals surface area contributed by atoms with Crippen LogP contribution >= 0.6 is 11.3 Å². The summed E-state index contributed by atoms with van der Waals surface area (Å²) < 4.78 is 5.76. The smallest absolute Gasteiger partial charge is 0.251 e. The summed E-state index contributed by atoms with van der Waals surface area (Å²) in [5, 5.41) is 3.73. The summed E-state index contributed by atoms with van der Waals surface area (Å²) in [5.41, 5.74) is 0. The Labute approximate surface area is 141 Å². The van der Waals surface area contributed by atoms with Crippen molar-refractivity contribution >= 4 is 17.2 Å². The summed E-state index contributed by atoms with van der Waals surface area (Å²) in [6, 6.07) is 4.29. The molecule has 0 radical (unpaired) electrons. The van der Waals surface area contributed by atoms with Crippen LogP contribution in [-0.2, 0) is 20.9 Å². The van der Waals surface area contributed by atoms with E-state index in [0.29, 0.717) is 25.0 Å². The van der Waals surface area contributed by atoms with Gasteiger partial charge in [0, 0.05) is 31.1 Å². The van der Waals surface area contributed by atoms with Crippen LogP contribution in [0, 0.1) is 17.8 Å². The van der Waals surface area contributed by atoms with E-state index in [4.69, 9.17) is 9.57 Å². The second-order valence-electron chi connectivity index (χ2n) is 6.82. The zero-order chi connectivity index (χ0) is 15.6. The Kier molecular flexibility index (Phi) is 4.66. The third-order valence-corrected chi connectivity index (χ3v) is 6.10. The Morgan fingerprint density at radius 2 is 2.26 bits per heavy atom. The molecule has 0 saturated carbocycles. The van der Waals surface area contributed by atoms with Gasteiger partial charge in [-0.2, -0.15) is 0 Å². The zero-order valence-electron chi connectivity index (χ0n) is 13.4. The van der Waals surface area contributed by atoms with Gasteiger partial charge in [-0.1, -0.05) is 6.07 Å². The molecule has 3 saturated heterocycles. The monoisotopic (exact) mass is 336 g/mol. The molecule has 4 rings (SSSR count). The van der Waals surface area contributed by atoms with Crippen molar-refractivity contribution in [1.29, 1.82) is 0 Å². The third kappa shape index (κ3) is 3.31. The van der Waals surface area contributed by atoms with Crippen LogP contribution in [0.2, 0.25) is 0 Å². The number of hydroxylamine groups is 2. The lowest BCUT2D eigenvalue weighted by molar-refractivity contribution is -0.207. The fraction of sp³-hybridized carbons (Fsp3) is 0.706. The molecule has 0 aromatic carbocycles. The number of nitrogens with zero attached hydrogens (tertiary/aromatic N) is 2. The van der Waals surface area contributed by atoms with Crippen LogP contribution in [0.1, 0.15) is 17.7 Å². The molecular formula is C17H24N2O3S. The van der Waals surface area contributed by atoms with Gasteiger partial charge in [0.1, 0.15) is 0 Å². The third-order valence-electron chi connectivity index (χ3n) is 5.24. The Bertz CT molecular complexity index is 530. The topological polar surface area (TPSA) is 42.0 Å². The zero-order valence-corrected chi connectivity index (χ0v) is 14.2. The average molecular weight is 336 g/mol. The van der Waals surface area contributed by atoms with Gasteiger partial charge in [0.25, 0.3) is 5.91 Å². The van der Waals surface area contributed by atoms with E-state index in [-0.39, 0.29) is 11.8 Å². The van der Waals surface area contributed by atoms with Crippen LogP contribution in [0.25, 0.3) is 0 Å². The van der Waals surface area contributed by atoms with Gasteiger partial charge >= 0.3 is 0 Å². The van der Waals surface area contributed by atoms with Crippen molar-refractivity contribution in [2.24, 2.45) is 17.8 Å². The Morgan fingerprint density at radius 3 is 3.04 bits per heavy atom. The van der Waals surface area contributed by atoms with Crippen molar-refractivity contribution in [2.75, 3.05) is 39.5 Å². The van der Waals surface area contributed by atoms with Gasteiger partial charge in [-0.25, -0.2) is 5.06 Å². The van der Waals surface area contributed by atoms with Crippen LogP contribution in [0.5, 0.6) is 0 Å². The highest BCUT2D eigenvalue weighted by Gasteiger charge is 2.45. The number of hydrogen-bond acceptors (Lipinski definition) is 5. The second-order valence-corrected chi connectivity index (χ2v) is 7.85. The number of amides is 1. The largest absolute Gasteiger partial charge is 0.380 e. The quantitative estimate of drug-likeness (QED) is 0.847. The Hall–Kier alpha value is -0.950. The molecule has 3 aliphatic rings. The van der Waals surface area contributed by atoms with Gasteiger partial charge in [0.15, 0.2) is 0 Å². The average Bonchev–Trinajstić information content (AvgIpc) is 3.24. The highest BCUT2D eigenvalue weighted by atomic mass is 32.1. The summed E-state index contributed by atoms with van der Waals surface area (Å²) in [6.07, 6.45) is 2.09. The molecule has 0 spiro atoms. The molecule has 3 aliphatic heterocycles. The van der Waals surface area contributed by atoms with Crippen molar-refractivity contribution in [1.82, 2.24) is 9.96 Å². The Balaban J connectivity index is 1.41. The standard InChI is InChI=1S/C17H24N2O3S/c20-17(19-5-1-2-6-22-19)16-12-21-11-13-8-18(10-15(13)16)9-14-4-3-7-23-14/h3-4,7,13,15-16H,1-2,5-6,8-12H2/t13-,15-,16+/m0/s1. The predicted molar refractivity (Wildman–Crippen MR) is 87.8 cm³/mol. The summed E-state index contributed by atoms with van der Waals surface area (Å²) in [4.78, 5) is 22.3. The first-order valence-electron chi connectivity index (χ1n) is 8.58. The molecule has 4 heterocycles. The summed E-state index contributed by atoms with van der Waals surface area (Å²) in [5.74, 6) is 0.974. The molecule has 23 heavy (non-hydrogen) atoms. The van der Waals surface area contributed by atoms with Gasteiger partial charge in [0.05, 0.1) is 25.7 Å². The van der Waals surface area contributed by atoms with Gasteiger partial charge in [-0.3, -0.25) is 14.5 Å². The normalized spacial score (nSPS) is 32.0. The van der Waals surface area contributed by atoms with E-state index in [0.717, 1.165) is 45.6 Å². The van der Waals surface area contributed by atoms with Crippen LogP contribution in [0.15, 0.2) is 17.5 Å². The number of carbonyl (C=O) groups excluding carboxylic acids is 1. The van der Waals surface area contributed by atoms with E-state index >= 15 is 0 Å². The minimum atomic E-state index is -0.0415. The first-order chi connectivity index (χ1) is 11.3. The van der Waals surface area contributed by atoms with Gasteiger partial charge in [-0.05, 0) is 36.1 Å². The van der Waals surface area contributed by atoms with E-state index in [1.807, 2.05) is 0 Å². The molecule has 0 bridgehead atoms. The maximum absolute atomic E-state index is 12.8. The number of thiophene rings is 1. The molecule has 3 atom stereocenters. The highest BCUT2D eigenvalue weighted by molar-refractivity contribution is 7.09. The molecule has 1 aromatic rings. The lowest BCUT2D eigenvalue weighted by atomic mass is 9.82. The van der Waals surface area contributed by atoms with Crippen LogP contribution in [0.3, 0.4) is 0 Å². The summed E-state index contributed by atoms with van der Waals surface area (Å²) in [6.45, 7) is 5.75. The van der Waals surface area contributed by atoms with Gasteiger partial charge in [0.2, 0.25) is 0 Å². The molecule has 6 heteroatoms. The molecule has 0 aliphatic carbocycles. The molecular weight excluding hydrogens is 312 g/mol. The van der Waals surface area contributed by atoms with Crippen molar-refractivity contribution in [2.45, 2.75) is 19.4 Å². The van der Waals surface area contributed by atoms with Crippen LogP contribution in [0.4, 0.5) is 0 Å². The number of rotatable bonds is 3. The number of carbonyl (C=O) groups is 1. The van der Waals surface area contributed by atoms with E-state index in [2.05, 4.69) is 22.4 Å². The molecule has 0 unspecified atom stereocenters. The van der Waals surface area contributed by atoms with Crippen LogP contribution in [-0.4, -0.2) is 55.3 Å². The van der Waals surface area contributed by atoms with E-state index in [9.17, 15) is 4.79 Å². The fourth-order valence-electron chi connectivity index (χ4n) is 4.05. The number of ether oxygens (including phenoxy) is 1. The van der Waals surface area contributed by atoms with Crippen LogP contribution < -0.4 is 0 Å². The molecule has 1 aromatic heterocycles. The van der Waals surface area contributed by atoms with Gasteiger partial charge in [-0.15, -0.1) is 11.3 Å². The van der Waals surface area contributed by atoms with E-state index in [1.54, 1.807) is 16.4 Å². The summed E-state index contributed by atoms with van der Waals surface area (Å²) in [7, 11) is 0. The molecule has 5 nitrogen and oxygen atoms in total. The highest BCUT2D eigenvalue weighted by Crippen LogP contribution is 2.36. The number of hydrogen-bond donors (Lipinski definition) is 0. The van der Waals surface area contributed by atoms with E-state index < -0.39 is 0 Å². The molecule has 3 fully saturated rings. The van der Waals surface area contributed by atoms with Crippen molar-refractivity contribution in [3.05, 3.63) is 22.4 Å². The number of fused-ring (bicyclic) bond motifs is 1. The van der Waals surface area contributed by atoms with Crippen molar-refractivity contribution < 1.29 is 14.4 Å². The maximum Gasteiger partial charge on any atom is 0.251 e. The van der Waals surface area contributed by atoms with Crippen molar-refractivity contribution in [3.63, 3.8) is 0 Å². The lowest BCUT2D eigenvalue weighted by Gasteiger charge is -2.36. The first kappa shape index (κ1) is 15.6. The number of likely N-dealkylation sites (tertiary alicyclic amines) is 1. The minimum absolute atomic E-state index is 0.0415. The summed E-state index contributed by atoms with van der Waals surface area (Å²) >= 11 is 1.80. The second kappa shape index (κ2) is 6.89. The van der Waals surface area contributed by atoms with E-state index in [1.165, 1.54) is 4.88 Å². The first-order valence-corrected chi connectivity index (χ1v) is 9.46. The Morgan fingerprint density at radius 1 is 1.30 bits per heavy atom. The molecule has 1 amide bonds. The SMILES string of the molecule is O=C([C@@H]1COC[C@@H]2CN(Cc3cccs3)C[C@@H]21)N1CCCCO1. The van der Waals surface area contributed by atoms with Crippen molar-refractivity contribution in [3.8, 4) is 0 Å². The predicted octanol–water partition coefficient (Wildman–Crippen LogP) is 2.00. The molecule has 126 valence electrons. The molecule has 0 N–H and O–H groups in total. The van der Waals surface area contributed by atoms with Gasteiger partial charge < -0.3 is 4.74 Å². The minimum Gasteiger partial charge on any atom is -0.380 e. The lowest BCUT2D eigenvalue weighted by Crippen LogP contribution is -2.47. The fourth-order valence-corrected chi connectivity index (χ4v) is 4.80.